The molecule has 94 valence electrons. The Morgan fingerprint density at radius 1 is 1.44 bits per heavy atom. The van der Waals surface area contributed by atoms with Crippen molar-refractivity contribution in [2.45, 2.75) is 20.4 Å². The average Bonchev–Trinajstić information content (AvgIpc) is 2.82. The lowest BCUT2D eigenvalue weighted by molar-refractivity contribution is -0.114. The smallest absolute Gasteiger partial charge is 0.221 e. The molecule has 3 N–H and O–H groups in total. The van der Waals surface area contributed by atoms with E-state index in [0.29, 0.717) is 6.54 Å². The zero-order valence-corrected chi connectivity index (χ0v) is 10.4. The third-order valence-corrected chi connectivity index (χ3v) is 2.58. The lowest BCUT2D eigenvalue weighted by Crippen LogP contribution is -2.07. The second-order valence-corrected chi connectivity index (χ2v) is 4.14. The summed E-state index contributed by atoms with van der Waals surface area (Å²) in [6.07, 6.45) is 3.43. The minimum absolute atomic E-state index is 0.0710. The van der Waals surface area contributed by atoms with Crippen molar-refractivity contribution in [2.24, 2.45) is 0 Å². The van der Waals surface area contributed by atoms with Gasteiger partial charge in [-0.25, -0.2) is 4.98 Å². The van der Waals surface area contributed by atoms with Crippen LogP contribution in [0.4, 0.5) is 11.4 Å². The molecule has 0 saturated heterocycles. The number of benzene rings is 1. The van der Waals surface area contributed by atoms with Gasteiger partial charge in [0.2, 0.25) is 5.91 Å². The summed E-state index contributed by atoms with van der Waals surface area (Å²) in [5.41, 5.74) is 3.93. The van der Waals surface area contributed by atoms with Gasteiger partial charge in [-0.05, 0) is 24.6 Å². The maximum Gasteiger partial charge on any atom is 0.221 e. The first kappa shape index (κ1) is 12.2. The molecule has 0 aliphatic rings. The molecule has 2 rings (SSSR count). The molecule has 0 unspecified atom stereocenters. The van der Waals surface area contributed by atoms with E-state index < -0.39 is 0 Å². The molecule has 5 heteroatoms. The Morgan fingerprint density at radius 2 is 2.28 bits per heavy atom. The third-order valence-electron chi connectivity index (χ3n) is 2.58. The third kappa shape index (κ3) is 3.10. The van der Waals surface area contributed by atoms with E-state index >= 15 is 0 Å². The number of carbonyl (C=O) groups is 1. The Labute approximate surface area is 106 Å². The fraction of sp³-hybridized carbons (Fsp3) is 0.231. The molecule has 0 radical (unpaired) electrons. The maximum atomic E-state index is 11.0. The average molecular weight is 244 g/mol. The van der Waals surface area contributed by atoms with Gasteiger partial charge in [0.15, 0.2) is 0 Å². The van der Waals surface area contributed by atoms with Crippen LogP contribution in [0, 0.1) is 6.92 Å². The van der Waals surface area contributed by atoms with E-state index in [1.807, 2.05) is 25.1 Å². The van der Waals surface area contributed by atoms with E-state index in [9.17, 15) is 4.79 Å². The number of nitrogens with one attached hydrogen (secondary N) is 3. The first-order chi connectivity index (χ1) is 8.65. The van der Waals surface area contributed by atoms with E-state index in [2.05, 4.69) is 20.6 Å². The minimum atomic E-state index is -0.0710. The van der Waals surface area contributed by atoms with Crippen molar-refractivity contribution in [3.63, 3.8) is 0 Å². The van der Waals surface area contributed by atoms with Gasteiger partial charge >= 0.3 is 0 Å². The predicted octanol–water partition coefficient (Wildman–Crippen LogP) is 2.29. The highest BCUT2D eigenvalue weighted by Crippen LogP contribution is 2.20. The summed E-state index contributed by atoms with van der Waals surface area (Å²) in [5.74, 6) is -0.0710. The second kappa shape index (κ2) is 5.35. The minimum Gasteiger partial charge on any atom is -0.379 e. The number of aromatic nitrogens is 2. The molecule has 1 heterocycles. The summed E-state index contributed by atoms with van der Waals surface area (Å²) in [5, 5.41) is 6.07. The quantitative estimate of drug-likeness (QED) is 0.772. The fourth-order valence-corrected chi connectivity index (χ4v) is 1.67. The number of imidazole rings is 1. The lowest BCUT2D eigenvalue weighted by atomic mass is 10.1. The number of anilines is 2. The molecule has 1 amide bonds. The first-order valence-electron chi connectivity index (χ1n) is 5.74. The highest BCUT2D eigenvalue weighted by molar-refractivity contribution is 5.89. The molecule has 0 atom stereocenters. The predicted molar refractivity (Wildman–Crippen MR) is 71.4 cm³/mol. The molecule has 0 fully saturated rings. The number of aryl methyl sites for hydroxylation is 1. The number of hydrogen-bond acceptors (Lipinski definition) is 3. The summed E-state index contributed by atoms with van der Waals surface area (Å²) >= 11 is 0. The number of H-pyrrole nitrogens is 1. The van der Waals surface area contributed by atoms with Gasteiger partial charge in [0.1, 0.15) is 0 Å². The van der Waals surface area contributed by atoms with Crippen molar-refractivity contribution >= 4 is 17.3 Å². The summed E-state index contributed by atoms with van der Waals surface area (Å²) in [6.45, 7) is 4.19. The van der Waals surface area contributed by atoms with Crippen LogP contribution in [0.5, 0.6) is 0 Å². The molecule has 5 nitrogen and oxygen atoms in total. The van der Waals surface area contributed by atoms with Gasteiger partial charge in [-0.1, -0.05) is 6.07 Å². The topological polar surface area (TPSA) is 69.8 Å². The van der Waals surface area contributed by atoms with Crippen LogP contribution >= 0.6 is 0 Å². The van der Waals surface area contributed by atoms with E-state index in [1.165, 1.54) is 6.92 Å². The monoisotopic (exact) mass is 244 g/mol. The first-order valence-corrected chi connectivity index (χ1v) is 5.74. The van der Waals surface area contributed by atoms with Gasteiger partial charge in [-0.15, -0.1) is 0 Å². The number of carbonyl (C=O) groups excluding carboxylic acids is 1. The van der Waals surface area contributed by atoms with E-state index in [-0.39, 0.29) is 5.91 Å². The standard InChI is InChI=1S/C13H16N4O/c1-9-3-4-11(17-10(2)18)5-13(9)15-7-12-6-14-8-16-12/h3-6,8,15H,7H2,1-2H3,(H,14,16)(H,17,18). The van der Waals surface area contributed by atoms with Crippen LogP contribution in [-0.2, 0) is 11.3 Å². The molecular weight excluding hydrogens is 228 g/mol. The van der Waals surface area contributed by atoms with Crippen LogP contribution in [0.2, 0.25) is 0 Å². The SMILES string of the molecule is CC(=O)Nc1ccc(C)c(NCc2cnc[nH]2)c1. The molecule has 0 bridgehead atoms. The largest absolute Gasteiger partial charge is 0.379 e. The van der Waals surface area contributed by atoms with Gasteiger partial charge in [-0.2, -0.15) is 0 Å². The zero-order valence-electron chi connectivity index (χ0n) is 10.4. The number of nitrogens with zero attached hydrogens (tertiary/aromatic N) is 1. The van der Waals surface area contributed by atoms with Crippen LogP contribution < -0.4 is 10.6 Å². The molecule has 0 aliphatic heterocycles. The van der Waals surface area contributed by atoms with Crippen molar-refractivity contribution < 1.29 is 4.79 Å². The van der Waals surface area contributed by atoms with Crippen molar-refractivity contribution in [3.05, 3.63) is 42.0 Å². The maximum absolute atomic E-state index is 11.0. The second-order valence-electron chi connectivity index (χ2n) is 4.14. The Bertz CT molecular complexity index is 534. The van der Waals surface area contributed by atoms with Gasteiger partial charge in [0, 0.05) is 24.5 Å². The Morgan fingerprint density at radius 3 is 2.94 bits per heavy atom. The van der Waals surface area contributed by atoms with Crippen LogP contribution in [0.25, 0.3) is 0 Å². The van der Waals surface area contributed by atoms with Crippen molar-refractivity contribution in [2.75, 3.05) is 10.6 Å². The van der Waals surface area contributed by atoms with Gasteiger partial charge < -0.3 is 15.6 Å². The van der Waals surface area contributed by atoms with Crippen molar-refractivity contribution in [3.8, 4) is 0 Å². The van der Waals surface area contributed by atoms with Crippen LogP contribution in [0.15, 0.2) is 30.7 Å². The Balaban J connectivity index is 2.08. The number of aromatic amines is 1. The summed E-state index contributed by atoms with van der Waals surface area (Å²) in [6, 6.07) is 5.78. The van der Waals surface area contributed by atoms with Gasteiger partial charge in [-0.3, -0.25) is 4.79 Å². The Hall–Kier alpha value is -2.30. The molecule has 2 aromatic rings. The Kier molecular flexibility index (Phi) is 3.62. The van der Waals surface area contributed by atoms with Crippen LogP contribution in [0.3, 0.4) is 0 Å². The van der Waals surface area contributed by atoms with Gasteiger partial charge in [0.25, 0.3) is 0 Å². The van der Waals surface area contributed by atoms with Crippen LogP contribution in [0.1, 0.15) is 18.2 Å². The summed E-state index contributed by atoms with van der Waals surface area (Å²) in [7, 11) is 0. The molecular formula is C13H16N4O. The molecule has 0 spiro atoms. The summed E-state index contributed by atoms with van der Waals surface area (Å²) < 4.78 is 0. The number of amides is 1. The number of hydrogen-bond donors (Lipinski definition) is 3. The van der Waals surface area contributed by atoms with Gasteiger partial charge in [0.05, 0.1) is 18.6 Å². The molecule has 0 saturated carbocycles. The molecule has 1 aromatic carbocycles. The van der Waals surface area contributed by atoms with E-state index in [1.54, 1.807) is 12.5 Å². The van der Waals surface area contributed by atoms with Crippen molar-refractivity contribution in [1.29, 1.82) is 0 Å². The molecule has 1 aromatic heterocycles. The van der Waals surface area contributed by atoms with Crippen molar-refractivity contribution in [1.82, 2.24) is 9.97 Å². The molecule has 18 heavy (non-hydrogen) atoms. The zero-order chi connectivity index (χ0) is 13.0. The highest BCUT2D eigenvalue weighted by atomic mass is 16.1. The van der Waals surface area contributed by atoms with E-state index in [0.717, 1.165) is 22.6 Å². The van der Waals surface area contributed by atoms with E-state index in [4.69, 9.17) is 0 Å². The molecule has 0 aliphatic carbocycles. The number of rotatable bonds is 4. The lowest BCUT2D eigenvalue weighted by Gasteiger charge is -2.11. The fourth-order valence-electron chi connectivity index (χ4n) is 1.67. The summed E-state index contributed by atoms with van der Waals surface area (Å²) in [4.78, 5) is 18.0. The normalized spacial score (nSPS) is 10.1. The highest BCUT2D eigenvalue weighted by Gasteiger charge is 2.02. The van der Waals surface area contributed by atoms with Crippen LogP contribution in [-0.4, -0.2) is 15.9 Å².